The average molecular weight is 416 g/mol. The fourth-order valence-corrected chi connectivity index (χ4v) is 4.32. The zero-order valence-electron chi connectivity index (χ0n) is 16.1. The monoisotopic (exact) mass is 415 g/mol. The summed E-state index contributed by atoms with van der Waals surface area (Å²) < 4.78 is 26.8. The van der Waals surface area contributed by atoms with Crippen LogP contribution in [0.25, 0.3) is 0 Å². The molecule has 0 radical (unpaired) electrons. The molecule has 2 N–H and O–H groups in total. The van der Waals surface area contributed by atoms with Gasteiger partial charge in [0.25, 0.3) is 5.91 Å². The maximum absolute atomic E-state index is 12.4. The van der Waals surface area contributed by atoms with Gasteiger partial charge in [0.1, 0.15) is 0 Å². The fourth-order valence-electron chi connectivity index (χ4n) is 3.26. The number of benzene rings is 2. The van der Waals surface area contributed by atoms with E-state index in [1.807, 2.05) is 18.2 Å². The van der Waals surface area contributed by atoms with Crippen molar-refractivity contribution in [3.63, 3.8) is 0 Å². The molecule has 0 saturated carbocycles. The molecular formula is C21H25N3O4S. The molecule has 1 aliphatic rings. The Morgan fingerprint density at radius 1 is 0.931 bits per heavy atom. The number of piperidine rings is 1. The van der Waals surface area contributed by atoms with Gasteiger partial charge in [0.05, 0.1) is 4.90 Å². The van der Waals surface area contributed by atoms with Crippen LogP contribution in [0.5, 0.6) is 0 Å². The van der Waals surface area contributed by atoms with Crippen LogP contribution in [0.1, 0.15) is 29.6 Å². The molecule has 2 aromatic carbocycles. The SMILES string of the molecule is O=C(NC1CCN(C(=O)CCNS(=O)(=O)c2ccccc2)CC1)c1ccccc1. The molecule has 1 saturated heterocycles. The van der Waals surface area contributed by atoms with E-state index in [9.17, 15) is 18.0 Å². The van der Waals surface area contributed by atoms with E-state index < -0.39 is 10.0 Å². The number of nitrogens with one attached hydrogen (secondary N) is 2. The molecule has 1 aliphatic heterocycles. The number of amides is 2. The third kappa shape index (κ3) is 5.88. The third-order valence-electron chi connectivity index (χ3n) is 4.90. The molecule has 154 valence electrons. The summed E-state index contributed by atoms with van der Waals surface area (Å²) in [6.45, 7) is 1.15. The highest BCUT2D eigenvalue weighted by Gasteiger charge is 2.24. The number of carbonyl (C=O) groups excluding carboxylic acids is 2. The van der Waals surface area contributed by atoms with Crippen LogP contribution in [0, 0.1) is 0 Å². The van der Waals surface area contributed by atoms with E-state index in [1.54, 1.807) is 35.2 Å². The van der Waals surface area contributed by atoms with Crippen molar-refractivity contribution in [3.05, 3.63) is 66.2 Å². The molecule has 0 bridgehead atoms. The summed E-state index contributed by atoms with van der Waals surface area (Å²) in [7, 11) is -3.60. The van der Waals surface area contributed by atoms with Crippen molar-refractivity contribution >= 4 is 21.8 Å². The lowest BCUT2D eigenvalue weighted by Crippen LogP contribution is -2.47. The lowest BCUT2D eigenvalue weighted by molar-refractivity contribution is -0.132. The fraction of sp³-hybridized carbons (Fsp3) is 0.333. The smallest absolute Gasteiger partial charge is 0.251 e. The third-order valence-corrected chi connectivity index (χ3v) is 6.38. The largest absolute Gasteiger partial charge is 0.349 e. The minimum absolute atomic E-state index is 0.0309. The summed E-state index contributed by atoms with van der Waals surface area (Å²) >= 11 is 0. The van der Waals surface area contributed by atoms with Crippen LogP contribution in [0.15, 0.2) is 65.6 Å². The van der Waals surface area contributed by atoms with Crippen molar-refractivity contribution in [2.24, 2.45) is 0 Å². The topological polar surface area (TPSA) is 95.6 Å². The summed E-state index contributed by atoms with van der Waals surface area (Å²) in [5, 5.41) is 3.01. The molecule has 8 heteroatoms. The summed E-state index contributed by atoms with van der Waals surface area (Å²) in [6, 6.07) is 17.1. The first-order chi connectivity index (χ1) is 14.0. The van der Waals surface area contributed by atoms with Crippen molar-refractivity contribution in [2.45, 2.75) is 30.2 Å². The number of nitrogens with zero attached hydrogens (tertiary/aromatic N) is 1. The normalized spacial score (nSPS) is 15.1. The van der Waals surface area contributed by atoms with Crippen LogP contribution < -0.4 is 10.0 Å². The van der Waals surface area contributed by atoms with E-state index in [1.165, 1.54) is 12.1 Å². The number of hydrogen-bond acceptors (Lipinski definition) is 4. The van der Waals surface area contributed by atoms with E-state index in [4.69, 9.17) is 0 Å². The van der Waals surface area contributed by atoms with Gasteiger partial charge < -0.3 is 10.2 Å². The Morgan fingerprint density at radius 2 is 1.52 bits per heavy atom. The Hall–Kier alpha value is -2.71. The highest BCUT2D eigenvalue weighted by molar-refractivity contribution is 7.89. The maximum Gasteiger partial charge on any atom is 0.251 e. The number of rotatable bonds is 7. The van der Waals surface area contributed by atoms with Crippen molar-refractivity contribution in [1.82, 2.24) is 14.9 Å². The summed E-state index contributed by atoms with van der Waals surface area (Å²) in [6.07, 6.45) is 1.47. The number of hydrogen-bond donors (Lipinski definition) is 2. The maximum atomic E-state index is 12.4. The molecule has 1 fully saturated rings. The van der Waals surface area contributed by atoms with E-state index >= 15 is 0 Å². The van der Waals surface area contributed by atoms with Gasteiger partial charge in [0.2, 0.25) is 15.9 Å². The minimum Gasteiger partial charge on any atom is -0.349 e. The van der Waals surface area contributed by atoms with Crippen molar-refractivity contribution < 1.29 is 18.0 Å². The second-order valence-corrected chi connectivity index (χ2v) is 8.72. The van der Waals surface area contributed by atoms with Gasteiger partial charge in [-0.25, -0.2) is 13.1 Å². The predicted molar refractivity (Wildman–Crippen MR) is 110 cm³/mol. The van der Waals surface area contributed by atoms with E-state index in [2.05, 4.69) is 10.0 Å². The van der Waals surface area contributed by atoms with Gasteiger partial charge >= 0.3 is 0 Å². The number of carbonyl (C=O) groups is 2. The number of sulfonamides is 1. The van der Waals surface area contributed by atoms with Gasteiger partial charge in [-0.1, -0.05) is 36.4 Å². The standard InChI is InChI=1S/C21H25N3O4S/c25-20(11-14-22-29(27,28)19-9-5-2-6-10-19)24-15-12-18(13-16-24)23-21(26)17-7-3-1-4-8-17/h1-10,18,22H,11-16H2,(H,23,26). The molecule has 0 aromatic heterocycles. The molecular weight excluding hydrogens is 390 g/mol. The molecule has 0 aliphatic carbocycles. The van der Waals surface area contributed by atoms with Crippen LogP contribution >= 0.6 is 0 Å². The van der Waals surface area contributed by atoms with E-state index in [-0.39, 0.29) is 35.7 Å². The molecule has 0 atom stereocenters. The molecule has 0 spiro atoms. The second kappa shape index (κ2) is 9.67. The molecule has 29 heavy (non-hydrogen) atoms. The first-order valence-corrected chi connectivity index (χ1v) is 11.1. The van der Waals surface area contributed by atoms with Gasteiger partial charge in [0, 0.05) is 37.7 Å². The molecule has 2 amide bonds. The highest BCUT2D eigenvalue weighted by Crippen LogP contribution is 2.13. The van der Waals surface area contributed by atoms with Crippen LogP contribution in [-0.2, 0) is 14.8 Å². The Kier molecular flexibility index (Phi) is 7.00. The van der Waals surface area contributed by atoms with E-state index in [0.717, 1.165) is 0 Å². The number of likely N-dealkylation sites (tertiary alicyclic amines) is 1. The Labute approximate surface area is 171 Å². The molecule has 2 aromatic rings. The van der Waals surface area contributed by atoms with E-state index in [0.29, 0.717) is 31.5 Å². The second-order valence-electron chi connectivity index (χ2n) is 6.96. The van der Waals surface area contributed by atoms with Crippen LogP contribution in [-0.4, -0.2) is 50.8 Å². The van der Waals surface area contributed by atoms with Gasteiger partial charge in [-0.3, -0.25) is 9.59 Å². The zero-order valence-corrected chi connectivity index (χ0v) is 16.9. The Morgan fingerprint density at radius 3 is 2.14 bits per heavy atom. The zero-order chi connectivity index (χ0) is 20.7. The minimum atomic E-state index is -3.60. The summed E-state index contributed by atoms with van der Waals surface area (Å²) in [5.41, 5.74) is 0.622. The average Bonchev–Trinajstić information content (AvgIpc) is 2.75. The quantitative estimate of drug-likeness (QED) is 0.721. The molecule has 1 heterocycles. The van der Waals surface area contributed by atoms with Crippen LogP contribution in [0.4, 0.5) is 0 Å². The van der Waals surface area contributed by atoms with Crippen LogP contribution in [0.3, 0.4) is 0 Å². The first kappa shape index (κ1) is 21.0. The lowest BCUT2D eigenvalue weighted by Gasteiger charge is -2.32. The Bertz CT molecular complexity index is 925. The summed E-state index contributed by atoms with van der Waals surface area (Å²) in [4.78, 5) is 26.5. The Balaban J connectivity index is 1.40. The van der Waals surface area contributed by atoms with Crippen molar-refractivity contribution in [2.75, 3.05) is 19.6 Å². The van der Waals surface area contributed by atoms with Gasteiger partial charge in [-0.15, -0.1) is 0 Å². The van der Waals surface area contributed by atoms with Gasteiger partial charge in [-0.05, 0) is 37.1 Å². The van der Waals surface area contributed by atoms with Gasteiger partial charge in [0.15, 0.2) is 0 Å². The molecule has 0 unspecified atom stereocenters. The lowest BCUT2D eigenvalue weighted by atomic mass is 10.0. The summed E-state index contributed by atoms with van der Waals surface area (Å²) in [5.74, 6) is -0.195. The molecule has 3 rings (SSSR count). The van der Waals surface area contributed by atoms with Crippen molar-refractivity contribution in [3.8, 4) is 0 Å². The predicted octanol–water partition coefficient (Wildman–Crippen LogP) is 1.78. The van der Waals surface area contributed by atoms with Crippen molar-refractivity contribution in [1.29, 1.82) is 0 Å². The highest BCUT2D eigenvalue weighted by atomic mass is 32.2. The first-order valence-electron chi connectivity index (χ1n) is 9.64. The van der Waals surface area contributed by atoms with Gasteiger partial charge in [-0.2, -0.15) is 0 Å². The molecule has 7 nitrogen and oxygen atoms in total. The van der Waals surface area contributed by atoms with Crippen LogP contribution in [0.2, 0.25) is 0 Å².